The molecule has 0 amide bonds. The first-order valence-electron chi connectivity index (χ1n) is 4.80. The number of hydrogen-bond donors (Lipinski definition) is 2. The quantitative estimate of drug-likeness (QED) is 0.781. The topological polar surface area (TPSA) is 50.9 Å². The first kappa shape index (κ1) is 9.52. The van der Waals surface area contributed by atoms with E-state index >= 15 is 0 Å². The molecule has 2 rings (SSSR count). The summed E-state index contributed by atoms with van der Waals surface area (Å²) in [6.45, 7) is 2.05. The zero-order valence-electron chi connectivity index (χ0n) is 8.57. The predicted molar refractivity (Wildman–Crippen MR) is 63.1 cm³/mol. The summed E-state index contributed by atoms with van der Waals surface area (Å²) < 4.78 is 0. The van der Waals surface area contributed by atoms with Crippen molar-refractivity contribution >= 4 is 17.3 Å². The smallest absolute Gasteiger partial charge is 0.132 e. The van der Waals surface area contributed by atoms with Gasteiger partial charge in [0.1, 0.15) is 11.6 Å². The second-order valence-corrected chi connectivity index (χ2v) is 3.44. The summed E-state index contributed by atoms with van der Waals surface area (Å²) in [5, 5.41) is 3.19. The summed E-state index contributed by atoms with van der Waals surface area (Å²) in [5.74, 6) is 1.29. The van der Waals surface area contributed by atoms with Crippen LogP contribution in [-0.4, -0.2) is 4.98 Å². The van der Waals surface area contributed by atoms with Crippen LogP contribution in [-0.2, 0) is 0 Å². The van der Waals surface area contributed by atoms with Crippen molar-refractivity contribution in [1.82, 2.24) is 4.98 Å². The number of benzene rings is 1. The van der Waals surface area contributed by atoms with Crippen LogP contribution in [0.15, 0.2) is 42.5 Å². The van der Waals surface area contributed by atoms with E-state index in [-0.39, 0.29) is 0 Å². The average Bonchev–Trinajstić information content (AvgIpc) is 2.17. The van der Waals surface area contributed by atoms with E-state index in [1.54, 1.807) is 6.07 Å². The second kappa shape index (κ2) is 4.00. The molecule has 1 aromatic heterocycles. The molecule has 76 valence electrons. The van der Waals surface area contributed by atoms with Crippen molar-refractivity contribution in [3.8, 4) is 0 Å². The van der Waals surface area contributed by atoms with Gasteiger partial charge in [-0.1, -0.05) is 18.2 Å². The van der Waals surface area contributed by atoms with Crippen LogP contribution in [0.2, 0.25) is 0 Å². The molecular formula is C12H13N3. The molecule has 0 atom stereocenters. The third-order valence-electron chi connectivity index (χ3n) is 2.06. The van der Waals surface area contributed by atoms with E-state index in [1.807, 2.05) is 24.3 Å². The van der Waals surface area contributed by atoms with Crippen LogP contribution < -0.4 is 11.1 Å². The van der Waals surface area contributed by atoms with E-state index in [4.69, 9.17) is 5.73 Å². The van der Waals surface area contributed by atoms with Crippen molar-refractivity contribution in [2.75, 3.05) is 11.1 Å². The largest absolute Gasteiger partial charge is 0.384 e. The molecule has 0 saturated heterocycles. The Kier molecular flexibility index (Phi) is 2.54. The number of pyridine rings is 1. The number of nitrogen functional groups attached to an aromatic ring is 1. The molecule has 0 unspecified atom stereocenters. The van der Waals surface area contributed by atoms with Crippen LogP contribution in [0.5, 0.6) is 0 Å². The molecule has 0 aliphatic carbocycles. The number of hydrogen-bond acceptors (Lipinski definition) is 3. The van der Waals surface area contributed by atoms with Crippen molar-refractivity contribution in [2.24, 2.45) is 0 Å². The summed E-state index contributed by atoms with van der Waals surface area (Å²) in [6.07, 6.45) is 0. The molecular weight excluding hydrogens is 186 g/mol. The molecule has 0 saturated carbocycles. The summed E-state index contributed by atoms with van der Waals surface area (Å²) in [4.78, 5) is 4.16. The maximum absolute atomic E-state index is 5.59. The zero-order chi connectivity index (χ0) is 10.7. The van der Waals surface area contributed by atoms with Gasteiger partial charge in [0.2, 0.25) is 0 Å². The Morgan fingerprint density at radius 3 is 2.67 bits per heavy atom. The van der Waals surface area contributed by atoms with Crippen molar-refractivity contribution in [3.05, 3.63) is 48.0 Å². The molecule has 1 aromatic carbocycles. The first-order chi connectivity index (χ1) is 7.24. The van der Waals surface area contributed by atoms with E-state index in [0.717, 1.165) is 11.5 Å². The van der Waals surface area contributed by atoms with E-state index in [2.05, 4.69) is 29.4 Å². The standard InChI is InChI=1S/C12H13N3/c1-9-4-2-5-10(8-9)14-12-7-3-6-11(13)15-12/h2-8H,1H3,(H3,13,14,15). The molecule has 1 heterocycles. The molecule has 2 aromatic rings. The van der Waals surface area contributed by atoms with Gasteiger partial charge in [0, 0.05) is 5.69 Å². The number of nitrogens with one attached hydrogen (secondary N) is 1. The molecule has 0 bridgehead atoms. The number of anilines is 3. The van der Waals surface area contributed by atoms with Crippen molar-refractivity contribution in [2.45, 2.75) is 6.92 Å². The second-order valence-electron chi connectivity index (χ2n) is 3.44. The molecule has 0 spiro atoms. The first-order valence-corrected chi connectivity index (χ1v) is 4.80. The summed E-state index contributed by atoms with van der Waals surface area (Å²) in [6, 6.07) is 13.6. The Morgan fingerprint density at radius 2 is 1.93 bits per heavy atom. The molecule has 0 aliphatic heterocycles. The van der Waals surface area contributed by atoms with Gasteiger partial charge in [-0.25, -0.2) is 4.98 Å². The lowest BCUT2D eigenvalue weighted by molar-refractivity contribution is 1.31. The number of nitrogens with zero attached hydrogens (tertiary/aromatic N) is 1. The molecule has 15 heavy (non-hydrogen) atoms. The lowest BCUT2D eigenvalue weighted by atomic mass is 10.2. The van der Waals surface area contributed by atoms with Gasteiger partial charge in [-0.05, 0) is 36.8 Å². The normalized spacial score (nSPS) is 9.93. The number of nitrogens with two attached hydrogens (primary N) is 1. The van der Waals surface area contributed by atoms with E-state index in [0.29, 0.717) is 5.82 Å². The number of aromatic nitrogens is 1. The van der Waals surface area contributed by atoms with Gasteiger partial charge in [0.05, 0.1) is 0 Å². The molecule has 3 N–H and O–H groups in total. The maximum atomic E-state index is 5.59. The van der Waals surface area contributed by atoms with Gasteiger partial charge >= 0.3 is 0 Å². The van der Waals surface area contributed by atoms with E-state index in [1.165, 1.54) is 5.56 Å². The third-order valence-corrected chi connectivity index (χ3v) is 2.06. The fourth-order valence-electron chi connectivity index (χ4n) is 1.39. The zero-order valence-corrected chi connectivity index (χ0v) is 8.57. The summed E-state index contributed by atoms with van der Waals surface area (Å²) >= 11 is 0. The minimum Gasteiger partial charge on any atom is -0.384 e. The third kappa shape index (κ3) is 2.47. The minimum absolute atomic E-state index is 0.521. The van der Waals surface area contributed by atoms with Crippen LogP contribution >= 0.6 is 0 Å². The highest BCUT2D eigenvalue weighted by atomic mass is 15.0. The summed E-state index contributed by atoms with van der Waals surface area (Å²) in [5.41, 5.74) is 7.82. The molecule has 3 heteroatoms. The lowest BCUT2D eigenvalue weighted by Gasteiger charge is -2.06. The maximum Gasteiger partial charge on any atom is 0.132 e. The van der Waals surface area contributed by atoms with Crippen molar-refractivity contribution in [3.63, 3.8) is 0 Å². The molecule has 0 radical (unpaired) electrons. The Bertz CT molecular complexity index is 422. The highest BCUT2D eigenvalue weighted by Crippen LogP contribution is 2.16. The van der Waals surface area contributed by atoms with Crippen LogP contribution in [0, 0.1) is 6.92 Å². The highest BCUT2D eigenvalue weighted by Gasteiger charge is 1.96. The Labute approximate surface area is 89.0 Å². The van der Waals surface area contributed by atoms with Crippen LogP contribution in [0.25, 0.3) is 0 Å². The predicted octanol–water partition coefficient (Wildman–Crippen LogP) is 2.72. The molecule has 3 nitrogen and oxygen atoms in total. The fourth-order valence-corrected chi connectivity index (χ4v) is 1.39. The van der Waals surface area contributed by atoms with Crippen LogP contribution in [0.1, 0.15) is 5.56 Å². The highest BCUT2D eigenvalue weighted by molar-refractivity contribution is 5.58. The number of rotatable bonds is 2. The number of aryl methyl sites for hydroxylation is 1. The fraction of sp³-hybridized carbons (Fsp3) is 0.0833. The minimum atomic E-state index is 0.521. The van der Waals surface area contributed by atoms with Crippen molar-refractivity contribution in [1.29, 1.82) is 0 Å². The van der Waals surface area contributed by atoms with E-state index < -0.39 is 0 Å². The van der Waals surface area contributed by atoms with Gasteiger partial charge < -0.3 is 11.1 Å². The Morgan fingerprint density at radius 1 is 1.13 bits per heavy atom. The summed E-state index contributed by atoms with van der Waals surface area (Å²) in [7, 11) is 0. The Balaban J connectivity index is 2.22. The van der Waals surface area contributed by atoms with Gasteiger partial charge in [0.25, 0.3) is 0 Å². The molecule has 0 fully saturated rings. The van der Waals surface area contributed by atoms with Gasteiger partial charge in [-0.15, -0.1) is 0 Å². The molecule has 0 aliphatic rings. The van der Waals surface area contributed by atoms with Gasteiger partial charge in [0.15, 0.2) is 0 Å². The average molecular weight is 199 g/mol. The van der Waals surface area contributed by atoms with Crippen LogP contribution in [0.4, 0.5) is 17.3 Å². The van der Waals surface area contributed by atoms with Crippen molar-refractivity contribution < 1.29 is 0 Å². The van der Waals surface area contributed by atoms with E-state index in [9.17, 15) is 0 Å². The van der Waals surface area contributed by atoms with Gasteiger partial charge in [-0.3, -0.25) is 0 Å². The SMILES string of the molecule is Cc1cccc(Nc2cccc(N)n2)c1. The lowest BCUT2D eigenvalue weighted by Crippen LogP contribution is -1.96. The van der Waals surface area contributed by atoms with Gasteiger partial charge in [-0.2, -0.15) is 0 Å². The monoisotopic (exact) mass is 199 g/mol. The Hall–Kier alpha value is -2.03. The van der Waals surface area contributed by atoms with Crippen LogP contribution in [0.3, 0.4) is 0 Å².